The lowest BCUT2D eigenvalue weighted by Crippen LogP contribution is -2.22. The molecule has 6 heteroatoms. The van der Waals surface area contributed by atoms with Crippen LogP contribution in [0.25, 0.3) is 5.69 Å². The van der Waals surface area contributed by atoms with Crippen molar-refractivity contribution < 1.29 is 4.74 Å². The van der Waals surface area contributed by atoms with Gasteiger partial charge in [-0.15, -0.1) is 0 Å². The first-order chi connectivity index (χ1) is 9.51. The zero-order valence-electron chi connectivity index (χ0n) is 11.7. The molecule has 4 nitrogen and oxygen atoms in total. The first-order valence-corrected chi connectivity index (χ1v) is 7.45. The minimum Gasteiger partial charge on any atom is -0.383 e. The van der Waals surface area contributed by atoms with Gasteiger partial charge in [-0.25, -0.2) is 4.98 Å². The van der Waals surface area contributed by atoms with E-state index in [0.29, 0.717) is 11.6 Å². The number of nitrogens with one attached hydrogen (secondary N) is 1. The van der Waals surface area contributed by atoms with Crippen molar-refractivity contribution in [1.29, 1.82) is 0 Å². The van der Waals surface area contributed by atoms with Gasteiger partial charge < -0.3 is 10.1 Å². The van der Waals surface area contributed by atoms with E-state index in [1.165, 1.54) is 0 Å². The van der Waals surface area contributed by atoms with E-state index in [1.807, 2.05) is 42.8 Å². The Balaban J connectivity index is 2.38. The predicted molar refractivity (Wildman–Crippen MR) is 86.0 cm³/mol. The van der Waals surface area contributed by atoms with E-state index >= 15 is 0 Å². The summed E-state index contributed by atoms with van der Waals surface area (Å²) in [6.45, 7) is 4.62. The molecule has 0 aliphatic rings. The molecule has 20 heavy (non-hydrogen) atoms. The van der Waals surface area contributed by atoms with Crippen molar-refractivity contribution in [2.75, 3.05) is 19.0 Å². The summed E-state index contributed by atoms with van der Waals surface area (Å²) in [5.41, 5.74) is 1.88. The summed E-state index contributed by atoms with van der Waals surface area (Å²) in [7, 11) is 1.68. The fourth-order valence-electron chi connectivity index (χ4n) is 1.97. The first kappa shape index (κ1) is 15.4. The Kier molecular flexibility index (Phi) is 5.07. The molecule has 1 heterocycles. The third-order valence-electron chi connectivity index (χ3n) is 2.79. The third-order valence-corrected chi connectivity index (χ3v) is 3.69. The van der Waals surface area contributed by atoms with Crippen LogP contribution in [0.3, 0.4) is 0 Å². The van der Waals surface area contributed by atoms with E-state index < -0.39 is 0 Å². The Hall–Kier alpha value is -1.04. The van der Waals surface area contributed by atoms with Gasteiger partial charge in [0.25, 0.3) is 0 Å². The van der Waals surface area contributed by atoms with Gasteiger partial charge in [0.1, 0.15) is 0 Å². The summed E-state index contributed by atoms with van der Waals surface area (Å²) in [6.07, 6.45) is 1.97. The zero-order valence-corrected chi connectivity index (χ0v) is 14.0. The molecule has 1 N–H and O–H groups in total. The molecular formula is C14H17BrClN3O. The maximum Gasteiger partial charge on any atom is 0.208 e. The van der Waals surface area contributed by atoms with E-state index in [-0.39, 0.29) is 6.04 Å². The normalized spacial score (nSPS) is 12.4. The Morgan fingerprint density at radius 2 is 2.25 bits per heavy atom. The van der Waals surface area contributed by atoms with Crippen molar-refractivity contribution in [1.82, 2.24) is 9.55 Å². The van der Waals surface area contributed by atoms with Crippen molar-refractivity contribution >= 4 is 33.5 Å². The number of hydrogen-bond donors (Lipinski definition) is 1. The smallest absolute Gasteiger partial charge is 0.208 e. The average molecular weight is 359 g/mol. The average Bonchev–Trinajstić information content (AvgIpc) is 2.73. The van der Waals surface area contributed by atoms with E-state index in [1.54, 1.807) is 7.11 Å². The highest BCUT2D eigenvalue weighted by molar-refractivity contribution is 9.10. The molecule has 1 atom stereocenters. The lowest BCUT2D eigenvalue weighted by molar-refractivity contribution is 0.190. The highest BCUT2D eigenvalue weighted by Crippen LogP contribution is 2.27. The number of hydrogen-bond acceptors (Lipinski definition) is 3. The zero-order chi connectivity index (χ0) is 14.7. The number of anilines is 1. The van der Waals surface area contributed by atoms with Crippen LogP contribution in [0, 0.1) is 6.92 Å². The summed E-state index contributed by atoms with van der Waals surface area (Å²) in [5.74, 6) is 0.773. The van der Waals surface area contributed by atoms with Gasteiger partial charge in [-0.1, -0.05) is 11.6 Å². The molecule has 0 fully saturated rings. The maximum absolute atomic E-state index is 6.09. The molecule has 1 unspecified atom stereocenters. The second-order valence-electron chi connectivity index (χ2n) is 4.67. The van der Waals surface area contributed by atoms with Crippen LogP contribution in [0.1, 0.15) is 12.6 Å². The minimum atomic E-state index is 0.165. The molecule has 1 aromatic heterocycles. The van der Waals surface area contributed by atoms with Crippen molar-refractivity contribution in [3.8, 4) is 5.69 Å². The summed E-state index contributed by atoms with van der Waals surface area (Å²) in [4.78, 5) is 4.51. The maximum atomic E-state index is 6.09. The molecule has 0 aliphatic carbocycles. The number of aryl methyl sites for hydroxylation is 1. The van der Waals surface area contributed by atoms with Crippen molar-refractivity contribution in [2.24, 2.45) is 0 Å². The highest BCUT2D eigenvalue weighted by atomic mass is 79.9. The quantitative estimate of drug-likeness (QED) is 0.876. The largest absolute Gasteiger partial charge is 0.383 e. The van der Waals surface area contributed by atoms with Gasteiger partial charge in [0, 0.05) is 28.8 Å². The summed E-state index contributed by atoms with van der Waals surface area (Å²) < 4.78 is 8.08. The molecule has 0 aliphatic heterocycles. The molecule has 0 saturated carbocycles. The first-order valence-electron chi connectivity index (χ1n) is 6.28. The highest BCUT2D eigenvalue weighted by Gasteiger charge is 2.13. The molecule has 0 spiro atoms. The SMILES string of the molecule is COCC(C)Nc1nc(C)cn1-c1cc(Cl)ccc1Br. The fourth-order valence-corrected chi connectivity index (χ4v) is 2.57. The number of methoxy groups -OCH3 is 1. The molecule has 0 bridgehead atoms. The van der Waals surface area contributed by atoms with Gasteiger partial charge in [0.05, 0.1) is 18.0 Å². The standard InChI is InChI=1S/C14H17BrClN3O/c1-9-7-19(13-6-11(16)4-5-12(13)15)14(17-9)18-10(2)8-20-3/h4-7,10H,8H2,1-3H3,(H,17,18). The van der Waals surface area contributed by atoms with Crippen LogP contribution < -0.4 is 5.32 Å². The van der Waals surface area contributed by atoms with Crippen LogP contribution >= 0.6 is 27.5 Å². The monoisotopic (exact) mass is 357 g/mol. The van der Waals surface area contributed by atoms with E-state index in [2.05, 4.69) is 26.2 Å². The van der Waals surface area contributed by atoms with Crippen LogP contribution in [0.2, 0.25) is 5.02 Å². The number of benzene rings is 1. The topological polar surface area (TPSA) is 39.1 Å². The molecule has 0 saturated heterocycles. The lowest BCUT2D eigenvalue weighted by Gasteiger charge is -2.16. The Morgan fingerprint density at radius 1 is 1.50 bits per heavy atom. The number of imidazole rings is 1. The van der Waals surface area contributed by atoms with Gasteiger partial charge in [-0.05, 0) is 48.0 Å². The molecule has 0 amide bonds. The number of halogens is 2. The van der Waals surface area contributed by atoms with Crippen LogP contribution in [0.4, 0.5) is 5.95 Å². The van der Waals surface area contributed by atoms with Crippen molar-refractivity contribution in [2.45, 2.75) is 19.9 Å². The summed E-state index contributed by atoms with van der Waals surface area (Å²) >= 11 is 9.63. The van der Waals surface area contributed by atoms with E-state index in [9.17, 15) is 0 Å². The minimum absolute atomic E-state index is 0.165. The lowest BCUT2D eigenvalue weighted by atomic mass is 10.3. The molecule has 0 radical (unpaired) electrons. The second-order valence-corrected chi connectivity index (χ2v) is 5.96. The van der Waals surface area contributed by atoms with Crippen LogP contribution in [0.15, 0.2) is 28.9 Å². The number of rotatable bonds is 5. The van der Waals surface area contributed by atoms with Gasteiger partial charge in [-0.2, -0.15) is 0 Å². The van der Waals surface area contributed by atoms with Gasteiger partial charge in [0.15, 0.2) is 0 Å². The summed E-state index contributed by atoms with van der Waals surface area (Å²) in [5, 5.41) is 4.03. The summed E-state index contributed by atoms with van der Waals surface area (Å²) in [6, 6.07) is 5.84. The fraction of sp³-hybridized carbons (Fsp3) is 0.357. The number of nitrogens with zero attached hydrogens (tertiary/aromatic N) is 2. The third kappa shape index (κ3) is 3.53. The predicted octanol–water partition coefficient (Wildman–Crippen LogP) is 4.04. The molecular weight excluding hydrogens is 342 g/mol. The van der Waals surface area contributed by atoms with Gasteiger partial charge in [-0.3, -0.25) is 4.57 Å². The van der Waals surface area contributed by atoms with Crippen molar-refractivity contribution in [3.05, 3.63) is 39.6 Å². The Morgan fingerprint density at radius 3 is 2.95 bits per heavy atom. The molecule has 2 rings (SSSR count). The number of aromatic nitrogens is 2. The molecule has 2 aromatic rings. The molecule has 108 valence electrons. The van der Waals surface area contributed by atoms with Crippen molar-refractivity contribution in [3.63, 3.8) is 0 Å². The number of ether oxygens (including phenoxy) is 1. The van der Waals surface area contributed by atoms with Crippen LogP contribution in [-0.4, -0.2) is 29.3 Å². The Bertz CT molecular complexity index is 600. The van der Waals surface area contributed by atoms with Crippen LogP contribution in [-0.2, 0) is 4.74 Å². The Labute approximate surface area is 132 Å². The van der Waals surface area contributed by atoms with Gasteiger partial charge in [0.2, 0.25) is 5.95 Å². The van der Waals surface area contributed by atoms with E-state index in [4.69, 9.17) is 16.3 Å². The molecule has 1 aromatic carbocycles. The van der Waals surface area contributed by atoms with Gasteiger partial charge >= 0.3 is 0 Å². The van der Waals surface area contributed by atoms with Crippen LogP contribution in [0.5, 0.6) is 0 Å². The second kappa shape index (κ2) is 6.61. The van der Waals surface area contributed by atoms with E-state index in [0.717, 1.165) is 21.8 Å².